The Morgan fingerprint density at radius 1 is 1.47 bits per heavy atom. The van der Waals surface area contributed by atoms with Crippen LogP contribution in [0.2, 0.25) is 0 Å². The van der Waals surface area contributed by atoms with Gasteiger partial charge in [0.15, 0.2) is 0 Å². The molecular formula is C12H21N3O2S2. The smallest absolute Gasteiger partial charge is 0.212 e. The minimum absolute atomic E-state index is 0.212. The molecule has 0 aromatic carbocycles. The van der Waals surface area contributed by atoms with E-state index >= 15 is 0 Å². The fraction of sp³-hybridized carbons (Fsp3) is 0.750. The van der Waals surface area contributed by atoms with Crippen LogP contribution in [0, 0.1) is 5.92 Å². The van der Waals surface area contributed by atoms with E-state index in [1.165, 1.54) is 11.3 Å². The van der Waals surface area contributed by atoms with Crippen LogP contribution in [0.5, 0.6) is 0 Å². The molecule has 1 aliphatic rings. The zero-order chi connectivity index (χ0) is 13.9. The van der Waals surface area contributed by atoms with E-state index in [1.54, 1.807) is 6.20 Å². The molecule has 0 saturated carbocycles. The van der Waals surface area contributed by atoms with Gasteiger partial charge in [-0.25, -0.2) is 18.1 Å². The summed E-state index contributed by atoms with van der Waals surface area (Å²) < 4.78 is 27.3. The number of nitrogens with zero attached hydrogens (tertiary/aromatic N) is 1. The van der Waals surface area contributed by atoms with Gasteiger partial charge in [0.05, 0.1) is 11.3 Å². The van der Waals surface area contributed by atoms with Crippen molar-refractivity contribution in [3.8, 4) is 0 Å². The van der Waals surface area contributed by atoms with Crippen LogP contribution in [0.25, 0.3) is 0 Å². The summed E-state index contributed by atoms with van der Waals surface area (Å²) in [5.41, 5.74) is -0.639. The first-order valence-electron chi connectivity index (χ1n) is 6.51. The van der Waals surface area contributed by atoms with Gasteiger partial charge in [0, 0.05) is 11.6 Å². The van der Waals surface area contributed by atoms with Crippen molar-refractivity contribution < 1.29 is 8.42 Å². The Balaban J connectivity index is 2.00. The van der Waals surface area contributed by atoms with Crippen molar-refractivity contribution in [2.45, 2.75) is 32.2 Å². The summed E-state index contributed by atoms with van der Waals surface area (Å²) in [6, 6.07) is 0. The molecule has 2 N–H and O–H groups in total. The van der Waals surface area contributed by atoms with Gasteiger partial charge in [-0.2, -0.15) is 0 Å². The minimum atomic E-state index is -3.28. The van der Waals surface area contributed by atoms with Crippen molar-refractivity contribution in [2.24, 2.45) is 5.92 Å². The van der Waals surface area contributed by atoms with Crippen molar-refractivity contribution in [1.29, 1.82) is 0 Å². The number of hydrogen-bond acceptors (Lipinski definition) is 5. The van der Waals surface area contributed by atoms with E-state index in [-0.39, 0.29) is 11.7 Å². The van der Waals surface area contributed by atoms with Crippen molar-refractivity contribution in [1.82, 2.24) is 15.0 Å². The van der Waals surface area contributed by atoms with Gasteiger partial charge in [0.2, 0.25) is 10.0 Å². The summed E-state index contributed by atoms with van der Waals surface area (Å²) in [6.45, 7) is 5.53. The van der Waals surface area contributed by atoms with Gasteiger partial charge in [-0.05, 0) is 45.7 Å². The van der Waals surface area contributed by atoms with Gasteiger partial charge in [-0.3, -0.25) is 0 Å². The maximum atomic E-state index is 12.3. The third-order valence-electron chi connectivity index (χ3n) is 3.29. The normalized spacial score (nSPS) is 18.6. The average molecular weight is 303 g/mol. The molecule has 19 heavy (non-hydrogen) atoms. The lowest BCUT2D eigenvalue weighted by Crippen LogP contribution is -2.44. The van der Waals surface area contributed by atoms with Crippen molar-refractivity contribution in [3.05, 3.63) is 16.6 Å². The van der Waals surface area contributed by atoms with Crippen molar-refractivity contribution >= 4 is 21.4 Å². The molecule has 7 heteroatoms. The Morgan fingerprint density at radius 3 is 2.74 bits per heavy atom. The lowest BCUT2D eigenvalue weighted by molar-refractivity contribution is 0.395. The molecule has 0 spiro atoms. The van der Waals surface area contributed by atoms with Crippen LogP contribution in [-0.4, -0.2) is 32.2 Å². The molecule has 0 bridgehead atoms. The molecule has 1 aliphatic heterocycles. The fourth-order valence-corrected chi connectivity index (χ4v) is 5.06. The SMILES string of the molecule is CC(C)(NS(=O)(=O)CC1CCNCC1)c1nccs1. The Kier molecular flexibility index (Phi) is 4.60. The lowest BCUT2D eigenvalue weighted by atomic mass is 10.0. The molecular weight excluding hydrogens is 282 g/mol. The van der Waals surface area contributed by atoms with Crippen LogP contribution in [0.1, 0.15) is 31.7 Å². The minimum Gasteiger partial charge on any atom is -0.317 e. The number of rotatable bonds is 5. The highest BCUT2D eigenvalue weighted by Crippen LogP contribution is 2.24. The van der Waals surface area contributed by atoms with Gasteiger partial charge in [0.1, 0.15) is 5.01 Å². The van der Waals surface area contributed by atoms with E-state index in [4.69, 9.17) is 0 Å². The largest absolute Gasteiger partial charge is 0.317 e. The van der Waals surface area contributed by atoms with Crippen LogP contribution < -0.4 is 10.0 Å². The molecule has 1 fully saturated rings. The quantitative estimate of drug-likeness (QED) is 0.860. The average Bonchev–Trinajstić information content (AvgIpc) is 2.81. The highest BCUT2D eigenvalue weighted by molar-refractivity contribution is 7.89. The molecule has 5 nitrogen and oxygen atoms in total. The summed E-state index contributed by atoms with van der Waals surface area (Å²) >= 11 is 1.47. The summed E-state index contributed by atoms with van der Waals surface area (Å²) in [7, 11) is -3.28. The number of aromatic nitrogens is 1. The molecule has 0 unspecified atom stereocenters. The molecule has 0 atom stereocenters. The number of hydrogen-bond donors (Lipinski definition) is 2. The lowest BCUT2D eigenvalue weighted by Gasteiger charge is -2.27. The van der Waals surface area contributed by atoms with Crippen LogP contribution in [-0.2, 0) is 15.6 Å². The molecule has 1 aromatic heterocycles. The highest BCUT2D eigenvalue weighted by Gasteiger charge is 2.30. The number of nitrogens with one attached hydrogen (secondary N) is 2. The Hall–Kier alpha value is -0.500. The van der Waals surface area contributed by atoms with E-state index in [0.717, 1.165) is 30.9 Å². The predicted octanol–water partition coefficient (Wildman–Crippen LogP) is 1.30. The van der Waals surface area contributed by atoms with Crippen LogP contribution in [0.4, 0.5) is 0 Å². The van der Waals surface area contributed by atoms with E-state index in [2.05, 4.69) is 15.0 Å². The maximum Gasteiger partial charge on any atom is 0.212 e. The summed E-state index contributed by atoms with van der Waals surface area (Å²) in [4.78, 5) is 4.20. The predicted molar refractivity (Wildman–Crippen MR) is 77.7 cm³/mol. The monoisotopic (exact) mass is 303 g/mol. The first-order valence-corrected chi connectivity index (χ1v) is 9.04. The third kappa shape index (κ3) is 4.24. The number of thiazole rings is 1. The van der Waals surface area contributed by atoms with Crippen molar-refractivity contribution in [2.75, 3.05) is 18.8 Å². The first-order chi connectivity index (χ1) is 8.89. The van der Waals surface area contributed by atoms with Crippen LogP contribution >= 0.6 is 11.3 Å². The Bertz CT molecular complexity index is 491. The maximum absolute atomic E-state index is 12.3. The van der Waals surface area contributed by atoms with E-state index < -0.39 is 15.6 Å². The molecule has 0 amide bonds. The molecule has 2 rings (SSSR count). The van der Waals surface area contributed by atoms with E-state index in [1.807, 2.05) is 19.2 Å². The van der Waals surface area contributed by atoms with E-state index in [0.29, 0.717) is 0 Å². The molecule has 0 aliphatic carbocycles. The summed E-state index contributed by atoms with van der Waals surface area (Å²) in [5.74, 6) is 0.467. The van der Waals surface area contributed by atoms with Crippen LogP contribution in [0.15, 0.2) is 11.6 Å². The molecule has 0 radical (unpaired) electrons. The zero-order valence-electron chi connectivity index (χ0n) is 11.3. The third-order valence-corrected chi connectivity index (χ3v) is 6.12. The second-order valence-electron chi connectivity index (χ2n) is 5.54. The van der Waals surface area contributed by atoms with Crippen molar-refractivity contribution in [3.63, 3.8) is 0 Å². The molecule has 1 aromatic rings. The highest BCUT2D eigenvalue weighted by atomic mass is 32.2. The topological polar surface area (TPSA) is 71.1 Å². The van der Waals surface area contributed by atoms with Gasteiger partial charge < -0.3 is 5.32 Å². The summed E-state index contributed by atoms with van der Waals surface area (Å²) in [6.07, 6.45) is 3.56. The molecule has 1 saturated heterocycles. The Morgan fingerprint density at radius 2 is 2.16 bits per heavy atom. The van der Waals surface area contributed by atoms with E-state index in [9.17, 15) is 8.42 Å². The second-order valence-corrected chi connectivity index (χ2v) is 8.20. The first kappa shape index (κ1) is 14.9. The standard InChI is InChI=1S/C12H21N3O2S2/c1-12(2,11-14-7-8-18-11)15-19(16,17)9-10-3-5-13-6-4-10/h7-8,10,13,15H,3-6,9H2,1-2H3. The van der Waals surface area contributed by atoms with Crippen LogP contribution in [0.3, 0.4) is 0 Å². The Labute approximate surface area is 118 Å². The second kappa shape index (κ2) is 5.87. The van der Waals surface area contributed by atoms with Gasteiger partial charge in [-0.15, -0.1) is 11.3 Å². The fourth-order valence-electron chi connectivity index (χ4n) is 2.36. The number of sulfonamides is 1. The van der Waals surface area contributed by atoms with Gasteiger partial charge in [-0.1, -0.05) is 0 Å². The molecule has 2 heterocycles. The zero-order valence-corrected chi connectivity index (χ0v) is 13.0. The number of piperidine rings is 1. The van der Waals surface area contributed by atoms with Gasteiger partial charge >= 0.3 is 0 Å². The summed E-state index contributed by atoms with van der Waals surface area (Å²) in [5, 5.41) is 5.90. The molecule has 108 valence electrons. The van der Waals surface area contributed by atoms with Gasteiger partial charge in [0.25, 0.3) is 0 Å².